The number of rotatable bonds is 9. The van der Waals surface area contributed by atoms with Crippen molar-refractivity contribution in [3.8, 4) is 11.5 Å². The van der Waals surface area contributed by atoms with Gasteiger partial charge in [0.15, 0.2) is 6.10 Å². The molecule has 6 heteroatoms. The molecule has 0 fully saturated rings. The van der Waals surface area contributed by atoms with Gasteiger partial charge >= 0.3 is 5.97 Å². The molecule has 0 bridgehead atoms. The smallest absolute Gasteiger partial charge is 0.303 e. The fraction of sp³-hybridized carbons (Fsp3) is 0.263. The second-order valence-electron chi connectivity index (χ2n) is 5.43. The Morgan fingerprint density at radius 3 is 2.36 bits per heavy atom. The number of carbonyl (C=O) groups excluding carboxylic acids is 1. The molecule has 1 amide bonds. The molecule has 2 N–H and O–H groups in total. The Bertz CT molecular complexity index is 685. The minimum Gasteiger partial charge on any atom is -0.494 e. The Labute approximate surface area is 146 Å². The number of benzene rings is 2. The molecule has 0 saturated carbocycles. The van der Waals surface area contributed by atoms with E-state index < -0.39 is 12.1 Å². The molecular weight excluding hydrogens is 322 g/mol. The average molecular weight is 343 g/mol. The SMILES string of the molecule is CC(Oc1ccccc1)C(=O)Nc1ccc(OCCCC(=O)O)cc1. The second kappa shape index (κ2) is 9.32. The first kappa shape index (κ1) is 18.3. The van der Waals surface area contributed by atoms with Gasteiger partial charge < -0.3 is 19.9 Å². The first-order valence-electron chi connectivity index (χ1n) is 8.02. The molecule has 0 aliphatic heterocycles. The summed E-state index contributed by atoms with van der Waals surface area (Å²) in [4.78, 5) is 22.6. The summed E-state index contributed by atoms with van der Waals surface area (Å²) in [6, 6.07) is 16.0. The number of anilines is 1. The summed E-state index contributed by atoms with van der Waals surface area (Å²) in [6.07, 6.45) is -0.107. The van der Waals surface area contributed by atoms with Crippen LogP contribution in [0.2, 0.25) is 0 Å². The molecule has 0 radical (unpaired) electrons. The highest BCUT2D eigenvalue weighted by Crippen LogP contribution is 2.17. The highest BCUT2D eigenvalue weighted by Gasteiger charge is 2.14. The lowest BCUT2D eigenvalue weighted by molar-refractivity contribution is -0.137. The summed E-state index contributed by atoms with van der Waals surface area (Å²) in [5, 5.41) is 11.3. The first-order valence-corrected chi connectivity index (χ1v) is 8.02. The predicted octanol–water partition coefficient (Wildman–Crippen LogP) is 3.34. The van der Waals surface area contributed by atoms with Crippen LogP contribution in [0, 0.1) is 0 Å². The zero-order valence-electron chi connectivity index (χ0n) is 14.0. The number of carboxylic acids is 1. The van der Waals surface area contributed by atoms with Crippen molar-refractivity contribution in [3.05, 3.63) is 54.6 Å². The molecule has 1 unspecified atom stereocenters. The van der Waals surface area contributed by atoms with Crippen molar-refractivity contribution in [3.63, 3.8) is 0 Å². The normalized spacial score (nSPS) is 11.4. The van der Waals surface area contributed by atoms with Gasteiger partial charge in [0.05, 0.1) is 6.61 Å². The summed E-state index contributed by atoms with van der Waals surface area (Å²) >= 11 is 0. The number of ether oxygens (including phenoxy) is 2. The van der Waals surface area contributed by atoms with E-state index in [0.717, 1.165) is 0 Å². The van der Waals surface area contributed by atoms with Gasteiger partial charge in [-0.1, -0.05) is 18.2 Å². The highest BCUT2D eigenvalue weighted by atomic mass is 16.5. The molecule has 0 saturated heterocycles. The minimum absolute atomic E-state index is 0.0768. The molecule has 25 heavy (non-hydrogen) atoms. The molecule has 1 atom stereocenters. The van der Waals surface area contributed by atoms with Crippen molar-refractivity contribution in [2.24, 2.45) is 0 Å². The van der Waals surface area contributed by atoms with Gasteiger partial charge in [-0.3, -0.25) is 9.59 Å². The minimum atomic E-state index is -0.839. The van der Waals surface area contributed by atoms with E-state index >= 15 is 0 Å². The van der Waals surface area contributed by atoms with E-state index in [9.17, 15) is 9.59 Å². The lowest BCUT2D eigenvalue weighted by atomic mass is 10.2. The largest absolute Gasteiger partial charge is 0.494 e. The van der Waals surface area contributed by atoms with Gasteiger partial charge in [-0.15, -0.1) is 0 Å². The van der Waals surface area contributed by atoms with Crippen LogP contribution in [-0.4, -0.2) is 29.7 Å². The number of para-hydroxylation sites is 1. The van der Waals surface area contributed by atoms with Crippen LogP contribution in [0.25, 0.3) is 0 Å². The Balaban J connectivity index is 1.79. The number of carbonyl (C=O) groups is 2. The summed E-state index contributed by atoms with van der Waals surface area (Å²) < 4.78 is 11.0. The lowest BCUT2D eigenvalue weighted by Crippen LogP contribution is -2.30. The molecule has 0 aliphatic rings. The van der Waals surface area contributed by atoms with Crippen molar-refractivity contribution in [2.45, 2.75) is 25.9 Å². The Kier molecular flexibility index (Phi) is 6.83. The van der Waals surface area contributed by atoms with Gasteiger partial charge in [0.2, 0.25) is 0 Å². The van der Waals surface area contributed by atoms with Gasteiger partial charge in [-0.25, -0.2) is 0 Å². The van der Waals surface area contributed by atoms with Crippen LogP contribution in [-0.2, 0) is 9.59 Å². The number of hydrogen-bond acceptors (Lipinski definition) is 4. The van der Waals surface area contributed by atoms with Crippen molar-refractivity contribution in [1.29, 1.82) is 0 Å². The number of hydrogen-bond donors (Lipinski definition) is 2. The number of amides is 1. The molecule has 132 valence electrons. The predicted molar refractivity (Wildman–Crippen MR) is 94.0 cm³/mol. The van der Waals surface area contributed by atoms with Crippen LogP contribution in [0.3, 0.4) is 0 Å². The maximum absolute atomic E-state index is 12.2. The van der Waals surface area contributed by atoms with E-state index in [-0.39, 0.29) is 12.3 Å². The van der Waals surface area contributed by atoms with Crippen molar-refractivity contribution < 1.29 is 24.2 Å². The van der Waals surface area contributed by atoms with Gasteiger partial charge in [0, 0.05) is 12.1 Å². The third-order valence-corrected chi connectivity index (χ3v) is 3.35. The average Bonchev–Trinajstić information content (AvgIpc) is 2.60. The summed E-state index contributed by atoms with van der Waals surface area (Å²) in [7, 11) is 0. The van der Waals surface area contributed by atoms with E-state index in [4.69, 9.17) is 14.6 Å². The van der Waals surface area contributed by atoms with E-state index in [1.807, 2.05) is 18.2 Å². The molecular formula is C19H21NO5. The Hall–Kier alpha value is -3.02. The summed E-state index contributed by atoms with van der Waals surface area (Å²) in [5.74, 6) is 0.166. The van der Waals surface area contributed by atoms with Crippen LogP contribution in [0.5, 0.6) is 11.5 Å². The van der Waals surface area contributed by atoms with Crippen LogP contribution in [0.4, 0.5) is 5.69 Å². The second-order valence-corrected chi connectivity index (χ2v) is 5.43. The van der Waals surface area contributed by atoms with Crippen LogP contribution < -0.4 is 14.8 Å². The maximum Gasteiger partial charge on any atom is 0.303 e. The highest BCUT2D eigenvalue weighted by molar-refractivity contribution is 5.94. The van der Waals surface area contributed by atoms with Crippen LogP contribution >= 0.6 is 0 Å². The first-order chi connectivity index (χ1) is 12.0. The van der Waals surface area contributed by atoms with Crippen LogP contribution in [0.1, 0.15) is 19.8 Å². The number of carboxylic acid groups (broad SMARTS) is 1. The van der Waals surface area contributed by atoms with Crippen molar-refractivity contribution in [1.82, 2.24) is 0 Å². The molecule has 6 nitrogen and oxygen atoms in total. The number of nitrogens with one attached hydrogen (secondary N) is 1. The van der Waals surface area contributed by atoms with Crippen molar-refractivity contribution >= 4 is 17.6 Å². The van der Waals surface area contributed by atoms with Gasteiger partial charge in [-0.05, 0) is 49.7 Å². The molecule has 0 spiro atoms. The zero-order chi connectivity index (χ0) is 18.1. The van der Waals surface area contributed by atoms with E-state index in [1.54, 1.807) is 43.3 Å². The van der Waals surface area contributed by atoms with Gasteiger partial charge in [-0.2, -0.15) is 0 Å². The Morgan fingerprint density at radius 2 is 1.72 bits per heavy atom. The zero-order valence-corrected chi connectivity index (χ0v) is 14.0. The van der Waals surface area contributed by atoms with E-state index in [2.05, 4.69) is 5.32 Å². The fourth-order valence-electron chi connectivity index (χ4n) is 2.05. The van der Waals surface area contributed by atoms with Crippen LogP contribution in [0.15, 0.2) is 54.6 Å². The molecule has 2 rings (SSSR count). The standard InChI is InChI=1S/C19H21NO5/c1-14(25-17-6-3-2-4-7-17)19(23)20-15-9-11-16(12-10-15)24-13-5-8-18(21)22/h2-4,6-7,9-12,14H,5,8,13H2,1H3,(H,20,23)(H,21,22). The van der Waals surface area contributed by atoms with Gasteiger partial charge in [0.25, 0.3) is 5.91 Å². The fourth-order valence-corrected chi connectivity index (χ4v) is 2.05. The van der Waals surface area contributed by atoms with Crippen molar-refractivity contribution in [2.75, 3.05) is 11.9 Å². The van der Waals surface area contributed by atoms with E-state index in [1.165, 1.54) is 0 Å². The molecule has 0 aromatic heterocycles. The number of aliphatic carboxylic acids is 1. The van der Waals surface area contributed by atoms with E-state index in [0.29, 0.717) is 30.2 Å². The third-order valence-electron chi connectivity index (χ3n) is 3.35. The molecule has 2 aromatic carbocycles. The molecule has 2 aromatic rings. The monoisotopic (exact) mass is 343 g/mol. The van der Waals surface area contributed by atoms with Gasteiger partial charge in [0.1, 0.15) is 11.5 Å². The lowest BCUT2D eigenvalue weighted by Gasteiger charge is -2.15. The third kappa shape index (κ3) is 6.55. The summed E-state index contributed by atoms with van der Waals surface area (Å²) in [6.45, 7) is 2.02. The quantitative estimate of drug-likeness (QED) is 0.682. The molecule has 0 aliphatic carbocycles. The summed E-state index contributed by atoms with van der Waals surface area (Å²) in [5.41, 5.74) is 0.631. The topological polar surface area (TPSA) is 84.9 Å². The Morgan fingerprint density at radius 1 is 1.04 bits per heavy atom. The maximum atomic E-state index is 12.2. The molecule has 0 heterocycles.